The molecule has 0 amide bonds. The van der Waals surface area contributed by atoms with Crippen molar-refractivity contribution in [2.75, 3.05) is 13.3 Å². The zero-order chi connectivity index (χ0) is 10.7. The summed E-state index contributed by atoms with van der Waals surface area (Å²) in [5, 5.41) is 12.0. The second kappa shape index (κ2) is 4.29. The molecule has 3 nitrogen and oxygen atoms in total. The van der Waals surface area contributed by atoms with Crippen LogP contribution in [-0.2, 0) is 6.42 Å². The largest absolute Gasteiger partial charge is 0.491 e. The van der Waals surface area contributed by atoms with E-state index in [1.54, 1.807) is 0 Å². The van der Waals surface area contributed by atoms with Gasteiger partial charge in [-0.05, 0) is 18.9 Å². The summed E-state index contributed by atoms with van der Waals surface area (Å²) in [6.45, 7) is -0.424. The van der Waals surface area contributed by atoms with Gasteiger partial charge in [-0.1, -0.05) is 17.3 Å². The molecule has 0 aromatic heterocycles. The van der Waals surface area contributed by atoms with Crippen molar-refractivity contribution in [3.63, 3.8) is 0 Å². The van der Waals surface area contributed by atoms with Crippen molar-refractivity contribution in [3.05, 3.63) is 29.3 Å². The first-order chi connectivity index (χ1) is 7.36. The van der Waals surface area contributed by atoms with E-state index in [2.05, 4.69) is 5.16 Å². The van der Waals surface area contributed by atoms with Crippen LogP contribution in [0.2, 0.25) is 0 Å². The SMILES string of the molecule is O/N=C1/CCc2c(OCCF)cccc21. The van der Waals surface area contributed by atoms with E-state index in [4.69, 9.17) is 9.94 Å². The lowest BCUT2D eigenvalue weighted by Gasteiger charge is -2.08. The number of hydrogen-bond donors (Lipinski definition) is 1. The second-order valence-corrected chi connectivity index (χ2v) is 3.37. The first-order valence-electron chi connectivity index (χ1n) is 4.88. The average Bonchev–Trinajstić information content (AvgIpc) is 2.69. The monoisotopic (exact) mass is 209 g/mol. The van der Waals surface area contributed by atoms with Crippen molar-refractivity contribution in [3.8, 4) is 5.75 Å². The highest BCUT2D eigenvalue weighted by molar-refractivity contribution is 6.04. The molecule has 15 heavy (non-hydrogen) atoms. The van der Waals surface area contributed by atoms with E-state index in [1.165, 1.54) is 0 Å². The van der Waals surface area contributed by atoms with Crippen molar-refractivity contribution in [1.29, 1.82) is 0 Å². The maximum atomic E-state index is 12.0. The van der Waals surface area contributed by atoms with E-state index in [0.29, 0.717) is 17.9 Å². The maximum absolute atomic E-state index is 12.0. The molecule has 0 aliphatic heterocycles. The minimum absolute atomic E-state index is 0.0715. The Morgan fingerprint density at radius 2 is 2.27 bits per heavy atom. The average molecular weight is 209 g/mol. The summed E-state index contributed by atoms with van der Waals surface area (Å²) >= 11 is 0. The minimum Gasteiger partial charge on any atom is -0.491 e. The zero-order valence-electron chi connectivity index (χ0n) is 8.24. The molecule has 0 saturated carbocycles. The van der Waals surface area contributed by atoms with Gasteiger partial charge in [-0.15, -0.1) is 0 Å². The van der Waals surface area contributed by atoms with E-state index in [0.717, 1.165) is 17.5 Å². The molecule has 1 aliphatic rings. The van der Waals surface area contributed by atoms with Gasteiger partial charge in [-0.2, -0.15) is 0 Å². The Morgan fingerprint density at radius 1 is 1.40 bits per heavy atom. The van der Waals surface area contributed by atoms with Crippen LogP contribution in [0.5, 0.6) is 5.75 Å². The lowest BCUT2D eigenvalue weighted by Crippen LogP contribution is -2.01. The quantitative estimate of drug-likeness (QED) is 0.612. The smallest absolute Gasteiger partial charge is 0.123 e. The fourth-order valence-corrected chi connectivity index (χ4v) is 1.86. The second-order valence-electron chi connectivity index (χ2n) is 3.37. The van der Waals surface area contributed by atoms with Gasteiger partial charge in [0.15, 0.2) is 0 Å². The van der Waals surface area contributed by atoms with Crippen LogP contribution in [0.25, 0.3) is 0 Å². The first-order valence-corrected chi connectivity index (χ1v) is 4.88. The number of rotatable bonds is 3. The summed E-state index contributed by atoms with van der Waals surface area (Å²) in [5.74, 6) is 0.698. The number of benzene rings is 1. The molecular formula is C11H12FNO2. The predicted molar refractivity (Wildman–Crippen MR) is 54.6 cm³/mol. The Balaban J connectivity index is 2.31. The number of alkyl halides is 1. The molecule has 2 rings (SSSR count). The summed E-state index contributed by atoms with van der Waals surface area (Å²) in [4.78, 5) is 0. The van der Waals surface area contributed by atoms with Crippen molar-refractivity contribution in [2.24, 2.45) is 5.16 Å². The van der Waals surface area contributed by atoms with Gasteiger partial charge in [-0.25, -0.2) is 4.39 Å². The van der Waals surface area contributed by atoms with Crippen LogP contribution in [0.3, 0.4) is 0 Å². The predicted octanol–water partition coefficient (Wildman–Crippen LogP) is 2.16. The molecule has 0 unspecified atom stereocenters. The summed E-state index contributed by atoms with van der Waals surface area (Å²) in [6.07, 6.45) is 1.50. The third kappa shape index (κ3) is 1.79. The Morgan fingerprint density at radius 3 is 3.00 bits per heavy atom. The van der Waals surface area contributed by atoms with Gasteiger partial charge in [-0.3, -0.25) is 0 Å². The van der Waals surface area contributed by atoms with E-state index in [-0.39, 0.29) is 6.61 Å². The third-order valence-electron chi connectivity index (χ3n) is 2.51. The van der Waals surface area contributed by atoms with Crippen LogP contribution in [-0.4, -0.2) is 24.2 Å². The Kier molecular flexibility index (Phi) is 2.85. The molecule has 1 aromatic rings. The van der Waals surface area contributed by atoms with Crippen LogP contribution in [0.15, 0.2) is 23.4 Å². The molecule has 0 radical (unpaired) electrons. The molecule has 0 atom stereocenters. The summed E-state index contributed by atoms with van der Waals surface area (Å²) in [6, 6.07) is 5.53. The highest BCUT2D eigenvalue weighted by Crippen LogP contribution is 2.30. The molecule has 80 valence electrons. The molecule has 1 aliphatic carbocycles. The lowest BCUT2D eigenvalue weighted by molar-refractivity contribution is 0.271. The normalized spacial score (nSPS) is 16.7. The number of halogens is 1. The first kappa shape index (κ1) is 9.96. The fourth-order valence-electron chi connectivity index (χ4n) is 1.86. The summed E-state index contributed by atoms with van der Waals surface area (Å²) < 4.78 is 17.3. The van der Waals surface area contributed by atoms with E-state index in [1.807, 2.05) is 18.2 Å². The van der Waals surface area contributed by atoms with Crippen molar-refractivity contribution >= 4 is 5.71 Å². The highest BCUT2D eigenvalue weighted by atomic mass is 19.1. The van der Waals surface area contributed by atoms with Crippen molar-refractivity contribution in [1.82, 2.24) is 0 Å². The van der Waals surface area contributed by atoms with E-state index < -0.39 is 6.67 Å². The van der Waals surface area contributed by atoms with Gasteiger partial charge in [0, 0.05) is 11.1 Å². The van der Waals surface area contributed by atoms with Crippen LogP contribution < -0.4 is 4.74 Å². The highest BCUT2D eigenvalue weighted by Gasteiger charge is 2.21. The zero-order valence-corrected chi connectivity index (χ0v) is 8.24. The van der Waals surface area contributed by atoms with Crippen molar-refractivity contribution < 1.29 is 14.3 Å². The van der Waals surface area contributed by atoms with E-state index >= 15 is 0 Å². The van der Waals surface area contributed by atoms with Gasteiger partial charge in [0.05, 0.1) is 5.71 Å². The van der Waals surface area contributed by atoms with Crippen LogP contribution in [0.4, 0.5) is 4.39 Å². The number of fused-ring (bicyclic) bond motifs is 1. The van der Waals surface area contributed by atoms with Gasteiger partial charge in [0.1, 0.15) is 19.0 Å². The Bertz CT molecular complexity index is 390. The lowest BCUT2D eigenvalue weighted by atomic mass is 10.1. The van der Waals surface area contributed by atoms with Crippen LogP contribution >= 0.6 is 0 Å². The van der Waals surface area contributed by atoms with E-state index in [9.17, 15) is 4.39 Å². The molecule has 0 fully saturated rings. The van der Waals surface area contributed by atoms with Gasteiger partial charge in [0.25, 0.3) is 0 Å². The van der Waals surface area contributed by atoms with Gasteiger partial charge in [0.2, 0.25) is 0 Å². The molecule has 0 heterocycles. The minimum atomic E-state index is -0.495. The maximum Gasteiger partial charge on any atom is 0.123 e. The van der Waals surface area contributed by atoms with Crippen LogP contribution in [0, 0.1) is 0 Å². The molecule has 1 N–H and O–H groups in total. The molecule has 1 aromatic carbocycles. The number of nitrogens with zero attached hydrogens (tertiary/aromatic N) is 1. The molecular weight excluding hydrogens is 197 g/mol. The van der Waals surface area contributed by atoms with Gasteiger partial charge >= 0.3 is 0 Å². The fraction of sp³-hybridized carbons (Fsp3) is 0.364. The van der Waals surface area contributed by atoms with Gasteiger partial charge < -0.3 is 9.94 Å². The van der Waals surface area contributed by atoms with Crippen LogP contribution in [0.1, 0.15) is 17.5 Å². The summed E-state index contributed by atoms with van der Waals surface area (Å²) in [5.41, 5.74) is 2.60. The summed E-state index contributed by atoms with van der Waals surface area (Å²) in [7, 11) is 0. The van der Waals surface area contributed by atoms with Crippen molar-refractivity contribution in [2.45, 2.75) is 12.8 Å². The number of hydrogen-bond acceptors (Lipinski definition) is 3. The molecule has 4 heteroatoms. The molecule has 0 saturated heterocycles. The molecule has 0 bridgehead atoms. The topological polar surface area (TPSA) is 41.8 Å². The third-order valence-corrected chi connectivity index (χ3v) is 2.51. The number of oxime groups is 1. The number of ether oxygens (including phenoxy) is 1. The standard InChI is InChI=1S/C11H12FNO2/c12-6-7-15-11-3-1-2-8-9(11)4-5-10(8)13-14/h1-3,14H,4-7H2/b13-10-. The molecule has 0 spiro atoms. The Hall–Kier alpha value is -1.58. The Labute approximate surface area is 87.2 Å².